The van der Waals surface area contributed by atoms with Gasteiger partial charge in [-0.15, -0.1) is 0 Å². The van der Waals surface area contributed by atoms with Crippen molar-refractivity contribution in [3.05, 3.63) is 47.8 Å². The Hall–Kier alpha value is -1.77. The van der Waals surface area contributed by atoms with Gasteiger partial charge in [0.15, 0.2) is 11.5 Å². The monoisotopic (exact) mass is 204 g/mol. The van der Waals surface area contributed by atoms with E-state index in [1.54, 1.807) is 0 Å². The van der Waals surface area contributed by atoms with Crippen molar-refractivity contribution in [2.45, 2.75) is 19.8 Å². The number of hydrogen-bond donors (Lipinski definition) is 0. The number of carbonyl (C=O) groups excluding carboxylic acids is 1. The van der Waals surface area contributed by atoms with Gasteiger partial charge in [-0.3, -0.25) is 4.79 Å². The molecule has 0 aromatic heterocycles. The van der Waals surface area contributed by atoms with Crippen LogP contribution in [-0.4, -0.2) is 5.78 Å². The first-order chi connectivity index (χ1) is 7.27. The van der Waals surface area contributed by atoms with Gasteiger partial charge in [0.05, 0.1) is 0 Å². The molecule has 0 amide bonds. The second-order valence-corrected chi connectivity index (χ2v) is 3.41. The zero-order valence-electron chi connectivity index (χ0n) is 8.53. The van der Waals surface area contributed by atoms with Crippen molar-refractivity contribution in [3.8, 4) is 0 Å². The molecule has 0 radical (unpaired) electrons. The van der Waals surface area contributed by atoms with Crippen molar-refractivity contribution in [2.75, 3.05) is 0 Å². The first kappa shape index (κ1) is 9.77. The lowest BCUT2D eigenvalue weighted by atomic mass is 10.0. The molecule has 0 unspecified atom stereocenters. The maximum atomic E-state index is 11.0. The van der Waals surface area contributed by atoms with Crippen LogP contribution in [0.2, 0.25) is 0 Å². The molecule has 0 saturated carbocycles. The summed E-state index contributed by atoms with van der Waals surface area (Å²) in [5.74, 6) is 0.790. The minimum atomic E-state index is -0.136. The fraction of sp³-hybridized carbons (Fsp3) is 0.250. The van der Waals surface area contributed by atoms with Crippen LogP contribution in [0.3, 0.4) is 0 Å². The highest BCUT2D eigenvalue weighted by Gasteiger charge is 2.15. The third-order valence-corrected chi connectivity index (χ3v) is 2.26. The summed E-state index contributed by atoms with van der Waals surface area (Å²) >= 11 is 0. The predicted octanol–water partition coefficient (Wildman–Crippen LogP) is 2.58. The lowest BCUT2D eigenvalue weighted by Gasteiger charge is -2.16. The van der Waals surface area contributed by atoms with Crippen molar-refractivity contribution in [1.29, 1.82) is 0 Å². The highest BCUT2D eigenvalue weighted by Crippen LogP contribution is 2.24. The second-order valence-electron chi connectivity index (χ2n) is 3.41. The fourth-order valence-electron chi connectivity index (χ4n) is 1.41. The van der Waals surface area contributed by atoms with Gasteiger partial charge in [-0.05, 0) is 18.4 Å². The first-order valence-electron chi connectivity index (χ1n) is 4.88. The van der Waals surface area contributed by atoms with Crippen molar-refractivity contribution < 1.29 is 14.3 Å². The van der Waals surface area contributed by atoms with Crippen LogP contribution < -0.4 is 0 Å². The molecule has 0 spiro atoms. The Morgan fingerprint density at radius 1 is 1.33 bits per heavy atom. The minimum absolute atomic E-state index is 0.136. The maximum absolute atomic E-state index is 11.0. The lowest BCUT2D eigenvalue weighted by Crippen LogP contribution is -2.06. The number of rotatable bonds is 2. The Morgan fingerprint density at radius 2 is 2.20 bits per heavy atom. The van der Waals surface area contributed by atoms with E-state index in [0.29, 0.717) is 5.76 Å². The zero-order valence-corrected chi connectivity index (χ0v) is 8.53. The molecular weight excluding hydrogens is 192 g/mol. The van der Waals surface area contributed by atoms with Gasteiger partial charge in [-0.1, -0.05) is 18.2 Å². The van der Waals surface area contributed by atoms with E-state index in [1.165, 1.54) is 19.4 Å². The third kappa shape index (κ3) is 2.18. The molecule has 0 bridgehead atoms. The lowest BCUT2D eigenvalue weighted by molar-refractivity contribution is -0.116. The summed E-state index contributed by atoms with van der Waals surface area (Å²) in [6.07, 6.45) is 10.9. The van der Waals surface area contributed by atoms with Crippen LogP contribution in [0, 0.1) is 0 Å². The fourth-order valence-corrected chi connectivity index (χ4v) is 1.41. The van der Waals surface area contributed by atoms with Crippen molar-refractivity contribution in [1.82, 2.24) is 0 Å². The summed E-state index contributed by atoms with van der Waals surface area (Å²) in [7, 11) is 0. The quantitative estimate of drug-likeness (QED) is 0.693. The molecule has 2 aliphatic rings. The van der Waals surface area contributed by atoms with Crippen LogP contribution in [-0.2, 0) is 14.3 Å². The number of allylic oxidation sites excluding steroid dienone is 5. The van der Waals surface area contributed by atoms with Crippen LogP contribution in [0.1, 0.15) is 19.8 Å². The topological polar surface area (TPSA) is 35.5 Å². The third-order valence-electron chi connectivity index (χ3n) is 2.26. The molecule has 3 heteroatoms. The Bertz CT molecular complexity index is 397. The van der Waals surface area contributed by atoms with Gasteiger partial charge in [0.2, 0.25) is 5.76 Å². The van der Waals surface area contributed by atoms with Gasteiger partial charge in [0.1, 0.15) is 12.5 Å². The molecule has 0 atom stereocenters. The van der Waals surface area contributed by atoms with E-state index in [9.17, 15) is 4.79 Å². The molecule has 0 N–H and O–H groups in total. The molecule has 0 aromatic rings. The molecule has 1 heterocycles. The first-order valence-corrected chi connectivity index (χ1v) is 4.88. The van der Waals surface area contributed by atoms with E-state index in [2.05, 4.69) is 6.08 Å². The standard InChI is InChI=1S/C12H12O3/c1-9(13)11-7-15-12(8-14-11)10-5-3-2-4-6-10/h2-3,5,7-8H,4,6H2,1H3. The summed E-state index contributed by atoms with van der Waals surface area (Å²) in [6, 6.07) is 0. The Morgan fingerprint density at radius 3 is 2.73 bits per heavy atom. The van der Waals surface area contributed by atoms with Gasteiger partial charge in [-0.25, -0.2) is 0 Å². The van der Waals surface area contributed by atoms with Crippen LogP contribution in [0.5, 0.6) is 0 Å². The number of ether oxygens (including phenoxy) is 2. The summed E-state index contributed by atoms with van der Waals surface area (Å²) in [5.41, 5.74) is 1.09. The van der Waals surface area contributed by atoms with Gasteiger partial charge in [0.25, 0.3) is 0 Å². The highest BCUT2D eigenvalue weighted by atomic mass is 16.5. The number of Topliss-reactive ketones (excluding diaryl/α,β-unsaturated/α-hetero) is 1. The van der Waals surface area contributed by atoms with E-state index >= 15 is 0 Å². The normalized spacial score (nSPS) is 19.4. The second kappa shape index (κ2) is 4.17. The van der Waals surface area contributed by atoms with E-state index < -0.39 is 0 Å². The van der Waals surface area contributed by atoms with E-state index in [-0.39, 0.29) is 11.5 Å². The molecule has 3 nitrogen and oxygen atoms in total. The molecule has 0 aromatic carbocycles. The molecule has 2 rings (SSSR count). The molecule has 0 fully saturated rings. The van der Waals surface area contributed by atoms with E-state index in [1.807, 2.05) is 12.2 Å². The van der Waals surface area contributed by atoms with Crippen LogP contribution in [0.4, 0.5) is 0 Å². The summed E-state index contributed by atoms with van der Waals surface area (Å²) in [4.78, 5) is 11.0. The highest BCUT2D eigenvalue weighted by molar-refractivity contribution is 5.91. The number of carbonyl (C=O) groups is 1. The predicted molar refractivity (Wildman–Crippen MR) is 55.5 cm³/mol. The Balaban J connectivity index is 2.07. The van der Waals surface area contributed by atoms with E-state index in [4.69, 9.17) is 9.47 Å². The summed E-state index contributed by atoms with van der Waals surface area (Å²) < 4.78 is 10.5. The average Bonchev–Trinajstić information content (AvgIpc) is 2.30. The Kier molecular flexibility index (Phi) is 2.72. The molecule has 78 valence electrons. The number of hydrogen-bond acceptors (Lipinski definition) is 3. The van der Waals surface area contributed by atoms with Crippen molar-refractivity contribution >= 4 is 5.78 Å². The SMILES string of the molecule is CC(=O)C1=COC(C2=CC=CCC2)=CO1. The van der Waals surface area contributed by atoms with E-state index in [0.717, 1.165) is 18.4 Å². The maximum Gasteiger partial charge on any atom is 0.204 e. The van der Waals surface area contributed by atoms with Gasteiger partial charge < -0.3 is 9.47 Å². The minimum Gasteiger partial charge on any atom is -0.457 e. The summed E-state index contributed by atoms with van der Waals surface area (Å²) in [6.45, 7) is 1.44. The molecular formula is C12H12O3. The van der Waals surface area contributed by atoms with Crippen LogP contribution in [0.25, 0.3) is 0 Å². The van der Waals surface area contributed by atoms with Crippen LogP contribution >= 0.6 is 0 Å². The molecule has 0 saturated heterocycles. The van der Waals surface area contributed by atoms with Crippen molar-refractivity contribution in [2.24, 2.45) is 0 Å². The van der Waals surface area contributed by atoms with Crippen LogP contribution in [0.15, 0.2) is 47.8 Å². The largest absolute Gasteiger partial charge is 0.457 e. The van der Waals surface area contributed by atoms with Crippen molar-refractivity contribution in [3.63, 3.8) is 0 Å². The summed E-state index contributed by atoms with van der Waals surface area (Å²) in [5, 5.41) is 0. The molecule has 1 aliphatic heterocycles. The molecule has 1 aliphatic carbocycles. The van der Waals surface area contributed by atoms with Gasteiger partial charge >= 0.3 is 0 Å². The smallest absolute Gasteiger partial charge is 0.204 e. The van der Waals surface area contributed by atoms with Gasteiger partial charge in [0, 0.05) is 6.92 Å². The zero-order chi connectivity index (χ0) is 10.7. The van der Waals surface area contributed by atoms with Gasteiger partial charge in [-0.2, -0.15) is 0 Å². The molecule has 15 heavy (non-hydrogen) atoms. The average molecular weight is 204 g/mol. The Labute approximate surface area is 88.4 Å². The number of ketones is 1.